The van der Waals surface area contributed by atoms with Gasteiger partial charge in [-0.05, 0) is 60.5 Å². The minimum absolute atomic E-state index is 0.0584. The number of carboxylic acids is 1. The summed E-state index contributed by atoms with van der Waals surface area (Å²) in [5, 5.41) is 10.4. The predicted octanol–water partition coefficient (Wildman–Crippen LogP) is 3.88. The highest BCUT2D eigenvalue weighted by Crippen LogP contribution is 2.26. The van der Waals surface area contributed by atoms with Crippen LogP contribution in [-0.2, 0) is 21.1 Å². The number of nitrogens with one attached hydrogen (secondary N) is 1. The Morgan fingerprint density at radius 2 is 1.94 bits per heavy atom. The molecule has 0 aliphatic rings. The molecule has 4 aromatic rings. The van der Waals surface area contributed by atoms with Gasteiger partial charge >= 0.3 is 5.97 Å². The largest absolute Gasteiger partial charge is 0.481 e. The van der Waals surface area contributed by atoms with E-state index in [-0.39, 0.29) is 16.4 Å². The number of hydrogen-bond donors (Lipinski definition) is 2. The van der Waals surface area contributed by atoms with E-state index in [1.165, 1.54) is 30.3 Å². The van der Waals surface area contributed by atoms with Gasteiger partial charge < -0.3 is 10.1 Å². The molecule has 3 aromatic heterocycles. The fraction of sp³-hybridized carbons (Fsp3) is 0.130. The zero-order chi connectivity index (χ0) is 22.7. The van der Waals surface area contributed by atoms with E-state index < -0.39 is 27.5 Å². The molecule has 0 spiro atoms. The first-order chi connectivity index (χ1) is 15.3. The quantitative estimate of drug-likeness (QED) is 0.419. The van der Waals surface area contributed by atoms with Crippen LogP contribution in [0.5, 0.6) is 0 Å². The van der Waals surface area contributed by atoms with Crippen molar-refractivity contribution in [2.75, 3.05) is 5.75 Å². The van der Waals surface area contributed by atoms with Crippen LogP contribution in [0.3, 0.4) is 0 Å². The minimum Gasteiger partial charge on any atom is -0.481 e. The molecule has 162 valence electrons. The van der Waals surface area contributed by atoms with Crippen LogP contribution in [0.25, 0.3) is 11.0 Å². The molecule has 32 heavy (non-hydrogen) atoms. The molecule has 0 aliphatic carbocycles. The number of fused-ring (bicyclic) bond motifs is 1. The number of aromatic nitrogens is 2. The number of carboxylic acid groups (broad SMARTS) is 1. The third-order valence-electron chi connectivity index (χ3n) is 4.84. The highest BCUT2D eigenvalue weighted by Gasteiger charge is 2.28. The van der Waals surface area contributed by atoms with Crippen molar-refractivity contribution in [2.45, 2.75) is 10.6 Å². The summed E-state index contributed by atoms with van der Waals surface area (Å²) < 4.78 is 38.8. The van der Waals surface area contributed by atoms with E-state index in [4.69, 9.17) is 0 Å². The third-order valence-corrected chi connectivity index (χ3v) is 8.23. The lowest BCUT2D eigenvalue weighted by molar-refractivity contribution is -0.140. The molecule has 9 heteroatoms. The zero-order valence-electron chi connectivity index (χ0n) is 16.6. The first-order valence-electron chi connectivity index (χ1n) is 9.56. The van der Waals surface area contributed by atoms with Gasteiger partial charge in [-0.3, -0.25) is 4.79 Å². The molecule has 4 rings (SSSR count). The van der Waals surface area contributed by atoms with Crippen molar-refractivity contribution in [1.82, 2.24) is 9.97 Å². The van der Waals surface area contributed by atoms with Crippen LogP contribution >= 0.6 is 11.3 Å². The lowest BCUT2D eigenvalue weighted by Crippen LogP contribution is -2.25. The molecule has 1 atom stereocenters. The molecule has 1 aromatic carbocycles. The Balaban J connectivity index is 1.52. The van der Waals surface area contributed by atoms with Gasteiger partial charge in [0.05, 0.1) is 16.5 Å². The molecular formula is C23H17FN2O4S2. The van der Waals surface area contributed by atoms with Crippen molar-refractivity contribution in [3.63, 3.8) is 0 Å². The molecule has 2 N–H and O–H groups in total. The molecule has 0 bridgehead atoms. The van der Waals surface area contributed by atoms with Crippen molar-refractivity contribution in [3.8, 4) is 11.8 Å². The Bertz CT molecular complexity index is 1440. The van der Waals surface area contributed by atoms with Gasteiger partial charge in [-0.25, -0.2) is 17.8 Å². The third kappa shape index (κ3) is 4.88. The monoisotopic (exact) mass is 468 g/mol. The summed E-state index contributed by atoms with van der Waals surface area (Å²) in [5.41, 5.74) is 1.92. The van der Waals surface area contributed by atoms with Crippen LogP contribution in [0.1, 0.15) is 16.0 Å². The Kier molecular flexibility index (Phi) is 6.08. The Morgan fingerprint density at radius 1 is 1.16 bits per heavy atom. The fourth-order valence-electron chi connectivity index (χ4n) is 3.23. The maximum atomic E-state index is 13.0. The average molecular weight is 469 g/mol. The predicted molar refractivity (Wildman–Crippen MR) is 120 cm³/mol. The average Bonchev–Trinajstić information content (AvgIpc) is 3.41. The summed E-state index contributed by atoms with van der Waals surface area (Å²) >= 11 is 0.982. The lowest BCUT2D eigenvalue weighted by atomic mass is 10.0. The van der Waals surface area contributed by atoms with Gasteiger partial charge in [0.1, 0.15) is 15.7 Å². The Hall–Kier alpha value is -3.48. The van der Waals surface area contributed by atoms with Crippen LogP contribution in [0.2, 0.25) is 0 Å². The number of aliphatic carboxylic acids is 1. The maximum Gasteiger partial charge on any atom is 0.307 e. The van der Waals surface area contributed by atoms with E-state index in [9.17, 15) is 22.7 Å². The van der Waals surface area contributed by atoms with Crippen molar-refractivity contribution < 1.29 is 22.7 Å². The summed E-state index contributed by atoms with van der Waals surface area (Å²) in [6.07, 6.45) is 3.34. The zero-order valence-corrected chi connectivity index (χ0v) is 18.2. The molecule has 0 saturated carbocycles. The van der Waals surface area contributed by atoms with E-state index in [0.29, 0.717) is 21.7 Å². The highest BCUT2D eigenvalue weighted by molar-refractivity contribution is 7.93. The number of pyridine rings is 1. The number of H-pyrrole nitrogens is 1. The number of aromatic amines is 1. The summed E-state index contributed by atoms with van der Waals surface area (Å²) in [6.45, 7) is 0. The van der Waals surface area contributed by atoms with Gasteiger partial charge in [-0.15, -0.1) is 11.3 Å². The number of sulfone groups is 1. The van der Waals surface area contributed by atoms with Crippen molar-refractivity contribution in [1.29, 1.82) is 0 Å². The second-order valence-corrected chi connectivity index (χ2v) is 10.5. The van der Waals surface area contributed by atoms with Gasteiger partial charge in [-0.2, -0.15) is 0 Å². The number of halogens is 1. The SMILES string of the molecule is O=C(O)[C@H](Cc1c[nH]c2ncccc12)CS(=O)(=O)c1ccc(C#Cc2ccc(F)cc2)s1. The number of carbonyl (C=O) groups is 1. The standard InChI is InChI=1S/C23H17FN2O4S2/c24-18-6-3-15(4-7-18)5-8-19-9-10-21(31-19)32(29,30)14-17(23(27)28)12-16-13-26-22-20(16)2-1-11-25-22/h1-4,6-7,9-11,13,17H,12,14H2,(H,25,26)(H,27,28)/t17-/m1/s1. The molecule has 0 amide bonds. The Labute approximate surface area is 187 Å². The van der Waals surface area contributed by atoms with Crippen LogP contribution in [0.15, 0.2) is 65.1 Å². The van der Waals surface area contributed by atoms with Crippen molar-refractivity contribution >= 4 is 38.2 Å². The molecule has 0 aliphatic heterocycles. The van der Waals surface area contributed by atoms with E-state index in [2.05, 4.69) is 21.8 Å². The van der Waals surface area contributed by atoms with E-state index in [1.807, 2.05) is 6.07 Å². The molecule has 6 nitrogen and oxygen atoms in total. The second-order valence-electron chi connectivity index (χ2n) is 7.11. The molecule has 0 fully saturated rings. The fourth-order valence-corrected chi connectivity index (χ4v) is 6.04. The molecule has 0 saturated heterocycles. The first kappa shape index (κ1) is 21.7. The lowest BCUT2D eigenvalue weighted by Gasteiger charge is -2.11. The maximum absolute atomic E-state index is 13.0. The van der Waals surface area contributed by atoms with Gasteiger partial charge in [0.2, 0.25) is 0 Å². The molecule has 0 radical (unpaired) electrons. The normalized spacial score (nSPS) is 12.3. The first-order valence-corrected chi connectivity index (χ1v) is 12.0. The van der Waals surface area contributed by atoms with Crippen LogP contribution in [0, 0.1) is 23.6 Å². The van der Waals surface area contributed by atoms with Crippen LogP contribution in [-0.4, -0.2) is 35.2 Å². The van der Waals surface area contributed by atoms with E-state index >= 15 is 0 Å². The number of rotatable bonds is 6. The second kappa shape index (κ2) is 8.94. The summed E-state index contributed by atoms with van der Waals surface area (Å²) in [5.74, 6) is 2.53. The highest BCUT2D eigenvalue weighted by atomic mass is 32.2. The topological polar surface area (TPSA) is 100 Å². The summed E-state index contributed by atoms with van der Waals surface area (Å²) in [6, 6.07) is 12.2. The summed E-state index contributed by atoms with van der Waals surface area (Å²) in [7, 11) is -3.83. The van der Waals surface area contributed by atoms with E-state index in [1.54, 1.807) is 24.5 Å². The molecular weight excluding hydrogens is 451 g/mol. The van der Waals surface area contributed by atoms with Crippen LogP contribution in [0.4, 0.5) is 4.39 Å². The Morgan fingerprint density at radius 3 is 2.69 bits per heavy atom. The van der Waals surface area contributed by atoms with Gasteiger partial charge in [0.25, 0.3) is 0 Å². The molecule has 0 unspecified atom stereocenters. The van der Waals surface area contributed by atoms with Gasteiger partial charge in [-0.1, -0.05) is 11.8 Å². The van der Waals surface area contributed by atoms with E-state index in [0.717, 1.165) is 16.7 Å². The number of benzene rings is 1. The molecule has 3 heterocycles. The van der Waals surface area contributed by atoms with Gasteiger partial charge in [0.15, 0.2) is 9.84 Å². The summed E-state index contributed by atoms with van der Waals surface area (Å²) in [4.78, 5) is 19.5. The van der Waals surface area contributed by atoms with Crippen molar-refractivity contribution in [2.24, 2.45) is 5.92 Å². The van der Waals surface area contributed by atoms with Gasteiger partial charge in [0, 0.05) is 23.3 Å². The number of thiophene rings is 1. The number of nitrogens with zero attached hydrogens (tertiary/aromatic N) is 1. The van der Waals surface area contributed by atoms with Crippen molar-refractivity contribution in [3.05, 3.63) is 82.7 Å². The van der Waals surface area contributed by atoms with Crippen LogP contribution < -0.4 is 0 Å². The number of hydrogen-bond acceptors (Lipinski definition) is 5. The smallest absolute Gasteiger partial charge is 0.307 e. The minimum atomic E-state index is -3.83.